The Morgan fingerprint density at radius 1 is 1.02 bits per heavy atom. The standard InChI is InChI=1S/C36H29FN6O4S/c37-21-10-7-19(8-11-21)9-12-24-28(34-41-42-36(45)47-34)29(30-31(39-24)25-5-3-16-43(25)35(30)44)27-18-20-13-15-38-33(32(20)48-27)40-23-14-17-46-26-6-2-1-4-22(23)26/h1-2,4,6-8,10-11,13,15,18,23,25H,3,5,9,12,14,16-17H2,(H,38,40)(H,42,45)/t23-,25+/m1/s1. The SMILES string of the molecule is O=C1c2c(nc(CCc3ccc(F)cc3)c(-c3n[nH]c(=O)o3)c2-c2cc3ccnc(N[C@@H]4CCOc5ccccc54)c3s2)[C@@H]2CCCN12. The molecule has 1 saturated heterocycles. The first-order valence-corrected chi connectivity index (χ1v) is 16.9. The predicted molar refractivity (Wildman–Crippen MR) is 179 cm³/mol. The van der Waals surface area contributed by atoms with E-state index in [1.54, 1.807) is 18.3 Å². The second-order valence-corrected chi connectivity index (χ2v) is 13.4. The van der Waals surface area contributed by atoms with Crippen LogP contribution in [0.1, 0.15) is 64.2 Å². The largest absolute Gasteiger partial charge is 0.493 e. The minimum Gasteiger partial charge on any atom is -0.493 e. The van der Waals surface area contributed by atoms with Gasteiger partial charge in [-0.1, -0.05) is 30.3 Å². The Balaban J connectivity index is 1.22. The lowest BCUT2D eigenvalue weighted by Gasteiger charge is -2.27. The molecule has 3 aliphatic heterocycles. The van der Waals surface area contributed by atoms with E-state index in [1.165, 1.54) is 23.5 Å². The fourth-order valence-corrected chi connectivity index (χ4v) is 8.47. The van der Waals surface area contributed by atoms with Crippen LogP contribution in [0.5, 0.6) is 5.75 Å². The van der Waals surface area contributed by atoms with Crippen molar-refractivity contribution in [3.8, 4) is 27.6 Å². The number of anilines is 1. The van der Waals surface area contributed by atoms with E-state index < -0.39 is 5.76 Å². The van der Waals surface area contributed by atoms with E-state index in [1.807, 2.05) is 29.2 Å². The van der Waals surface area contributed by atoms with Crippen LogP contribution in [-0.4, -0.2) is 44.1 Å². The number of carbonyl (C=O) groups excluding carboxylic acids is 1. The second-order valence-electron chi connectivity index (χ2n) is 12.3. The molecule has 1 amide bonds. The molecule has 9 rings (SSSR count). The highest BCUT2D eigenvalue weighted by molar-refractivity contribution is 7.23. The van der Waals surface area contributed by atoms with Crippen molar-refractivity contribution in [2.45, 2.75) is 44.2 Å². The summed E-state index contributed by atoms with van der Waals surface area (Å²) in [7, 11) is 0. The molecule has 0 saturated carbocycles. The molecule has 6 aromatic rings. The van der Waals surface area contributed by atoms with Crippen LogP contribution in [0.2, 0.25) is 0 Å². The average molecular weight is 661 g/mol. The normalized spacial score (nSPS) is 18.1. The number of pyridine rings is 2. The minimum absolute atomic E-state index is 0.0180. The highest BCUT2D eigenvalue weighted by Gasteiger charge is 2.45. The summed E-state index contributed by atoms with van der Waals surface area (Å²) in [5.41, 5.74) is 5.13. The van der Waals surface area contributed by atoms with Crippen molar-refractivity contribution in [2.75, 3.05) is 18.5 Å². The maximum Gasteiger partial charge on any atom is 0.434 e. The molecule has 0 unspecified atom stereocenters. The molecule has 0 spiro atoms. The van der Waals surface area contributed by atoms with Gasteiger partial charge < -0.3 is 19.4 Å². The summed E-state index contributed by atoms with van der Waals surface area (Å²) in [6.45, 7) is 1.26. The van der Waals surface area contributed by atoms with Gasteiger partial charge in [-0.3, -0.25) is 9.78 Å². The molecule has 48 heavy (non-hydrogen) atoms. The number of aromatic amines is 1. The molecule has 0 radical (unpaired) electrons. The number of hydrogen-bond donors (Lipinski definition) is 2. The van der Waals surface area contributed by atoms with Gasteiger partial charge in [-0.2, -0.15) is 0 Å². The third-order valence-corrected chi connectivity index (χ3v) is 10.7. The van der Waals surface area contributed by atoms with Crippen LogP contribution in [0.25, 0.3) is 32.0 Å². The Bertz CT molecular complexity index is 2280. The average Bonchev–Trinajstić information content (AvgIpc) is 3.90. The quantitative estimate of drug-likeness (QED) is 0.190. The molecule has 10 nitrogen and oxygen atoms in total. The number of aromatic nitrogens is 4. The van der Waals surface area contributed by atoms with Crippen LogP contribution < -0.4 is 15.8 Å². The van der Waals surface area contributed by atoms with Gasteiger partial charge in [0.05, 0.1) is 45.9 Å². The van der Waals surface area contributed by atoms with Crippen molar-refractivity contribution >= 4 is 33.1 Å². The van der Waals surface area contributed by atoms with Crippen molar-refractivity contribution in [1.82, 2.24) is 25.1 Å². The molecular formula is C36H29FN6O4S. The molecule has 2 aromatic carbocycles. The van der Waals surface area contributed by atoms with Crippen LogP contribution in [0.4, 0.5) is 10.2 Å². The Labute approximate surface area is 277 Å². The number of halogens is 1. The van der Waals surface area contributed by atoms with Crippen LogP contribution in [0, 0.1) is 5.82 Å². The maximum absolute atomic E-state index is 14.1. The number of ether oxygens (including phenoxy) is 1. The number of para-hydroxylation sites is 1. The zero-order valence-electron chi connectivity index (χ0n) is 25.7. The monoisotopic (exact) mass is 660 g/mol. The fourth-order valence-electron chi connectivity index (χ4n) is 7.31. The van der Waals surface area contributed by atoms with Crippen LogP contribution >= 0.6 is 11.3 Å². The zero-order valence-corrected chi connectivity index (χ0v) is 26.5. The number of thiophene rings is 1. The van der Waals surface area contributed by atoms with E-state index >= 15 is 0 Å². The molecule has 2 atom stereocenters. The molecule has 240 valence electrons. The topological polar surface area (TPSA) is 126 Å². The van der Waals surface area contributed by atoms with Gasteiger partial charge in [-0.05, 0) is 67.0 Å². The molecular weight excluding hydrogens is 631 g/mol. The number of nitrogens with one attached hydrogen (secondary N) is 2. The Morgan fingerprint density at radius 3 is 2.75 bits per heavy atom. The van der Waals surface area contributed by atoms with E-state index in [4.69, 9.17) is 19.1 Å². The molecule has 0 aliphatic carbocycles. The number of hydrogen-bond acceptors (Lipinski definition) is 9. The minimum atomic E-state index is -0.698. The van der Waals surface area contributed by atoms with Crippen molar-refractivity contribution in [3.63, 3.8) is 0 Å². The fraction of sp³-hybridized carbons (Fsp3) is 0.250. The Kier molecular flexibility index (Phi) is 6.85. The van der Waals surface area contributed by atoms with Gasteiger partial charge in [0, 0.05) is 35.2 Å². The summed E-state index contributed by atoms with van der Waals surface area (Å²) in [6.07, 6.45) is 5.33. The first-order chi connectivity index (χ1) is 23.5. The molecule has 2 N–H and O–H groups in total. The van der Waals surface area contributed by atoms with E-state index in [2.05, 4.69) is 27.6 Å². The third kappa shape index (κ3) is 4.78. The van der Waals surface area contributed by atoms with Crippen molar-refractivity contribution < 1.29 is 18.3 Å². The summed E-state index contributed by atoms with van der Waals surface area (Å²) in [5, 5.41) is 11.3. The summed E-state index contributed by atoms with van der Waals surface area (Å²) in [5.74, 6) is 0.609. The lowest BCUT2D eigenvalue weighted by molar-refractivity contribution is 0.0776. The summed E-state index contributed by atoms with van der Waals surface area (Å²) < 4.78 is 26.1. The van der Waals surface area contributed by atoms with Crippen LogP contribution in [0.3, 0.4) is 0 Å². The number of amides is 1. The van der Waals surface area contributed by atoms with E-state index in [0.29, 0.717) is 48.4 Å². The van der Waals surface area contributed by atoms with Gasteiger partial charge in [-0.15, -0.1) is 16.4 Å². The van der Waals surface area contributed by atoms with Gasteiger partial charge >= 0.3 is 5.76 Å². The molecule has 12 heteroatoms. The van der Waals surface area contributed by atoms with E-state index in [9.17, 15) is 14.0 Å². The summed E-state index contributed by atoms with van der Waals surface area (Å²) >= 11 is 1.53. The van der Waals surface area contributed by atoms with E-state index in [-0.39, 0.29) is 29.7 Å². The third-order valence-electron chi connectivity index (χ3n) is 9.51. The number of aryl methyl sites for hydroxylation is 2. The van der Waals surface area contributed by atoms with Gasteiger partial charge in [0.15, 0.2) is 0 Å². The zero-order chi connectivity index (χ0) is 32.4. The summed E-state index contributed by atoms with van der Waals surface area (Å²) in [4.78, 5) is 39.1. The van der Waals surface area contributed by atoms with Crippen molar-refractivity contribution in [2.24, 2.45) is 0 Å². The number of nitrogens with zero attached hydrogens (tertiary/aromatic N) is 4. The number of carbonyl (C=O) groups is 1. The van der Waals surface area contributed by atoms with Crippen LogP contribution in [-0.2, 0) is 12.8 Å². The number of H-pyrrole nitrogens is 1. The van der Waals surface area contributed by atoms with Gasteiger partial charge in [0.1, 0.15) is 17.4 Å². The maximum atomic E-state index is 14.1. The molecule has 4 aromatic heterocycles. The highest BCUT2D eigenvalue weighted by atomic mass is 32.1. The molecule has 7 heterocycles. The first kappa shape index (κ1) is 28.8. The lowest BCUT2D eigenvalue weighted by atomic mass is 9.93. The molecule has 1 fully saturated rings. The van der Waals surface area contributed by atoms with E-state index in [0.717, 1.165) is 62.6 Å². The van der Waals surface area contributed by atoms with Crippen molar-refractivity contribution in [3.05, 3.63) is 111 Å². The second kappa shape index (κ2) is 11.4. The van der Waals surface area contributed by atoms with Gasteiger partial charge in [0.2, 0.25) is 0 Å². The van der Waals surface area contributed by atoms with Crippen molar-refractivity contribution in [1.29, 1.82) is 0 Å². The Morgan fingerprint density at radius 2 is 1.90 bits per heavy atom. The molecule has 0 bridgehead atoms. The summed E-state index contributed by atoms with van der Waals surface area (Å²) in [6, 6.07) is 18.4. The number of fused-ring (bicyclic) bond motifs is 5. The highest BCUT2D eigenvalue weighted by Crippen LogP contribution is 2.50. The number of rotatable bonds is 7. The lowest BCUT2D eigenvalue weighted by Crippen LogP contribution is -2.22. The predicted octanol–water partition coefficient (Wildman–Crippen LogP) is 6.85. The van der Waals surface area contributed by atoms with Gasteiger partial charge in [-0.25, -0.2) is 19.3 Å². The smallest absolute Gasteiger partial charge is 0.434 e. The molecule has 3 aliphatic rings. The first-order valence-electron chi connectivity index (χ1n) is 16.1. The Hall–Kier alpha value is -5.36. The van der Waals surface area contributed by atoms with Crippen LogP contribution in [0.15, 0.2) is 76.1 Å². The van der Waals surface area contributed by atoms with Gasteiger partial charge in [0.25, 0.3) is 11.8 Å². The number of benzene rings is 2.